The number of carbonyl (C=O) groups is 2. The Morgan fingerprint density at radius 1 is 0.868 bits per heavy atom. The number of nitrogens with zero attached hydrogens (tertiary/aromatic N) is 4. The van der Waals surface area contributed by atoms with Crippen LogP contribution in [0, 0.1) is 10.1 Å². The molecule has 1 unspecified atom stereocenters. The summed E-state index contributed by atoms with van der Waals surface area (Å²) in [6, 6.07) is 17.6. The molecule has 0 spiro atoms. The van der Waals surface area contributed by atoms with Crippen molar-refractivity contribution in [1.82, 2.24) is 4.90 Å². The molecule has 3 aromatic rings. The Hall–Kier alpha value is -4.70. The Labute approximate surface area is 218 Å². The van der Waals surface area contributed by atoms with Crippen molar-refractivity contribution in [3.05, 3.63) is 99.6 Å². The lowest BCUT2D eigenvalue weighted by molar-refractivity contribution is -0.384. The van der Waals surface area contributed by atoms with E-state index in [0.29, 0.717) is 11.3 Å². The molecule has 38 heavy (non-hydrogen) atoms. The lowest BCUT2D eigenvalue weighted by Crippen LogP contribution is -2.44. The van der Waals surface area contributed by atoms with E-state index >= 15 is 0 Å². The molecule has 2 N–H and O–H groups in total. The summed E-state index contributed by atoms with van der Waals surface area (Å²) < 4.78 is 0. The minimum absolute atomic E-state index is 0.0117. The summed E-state index contributed by atoms with van der Waals surface area (Å²) in [5, 5.41) is 32.0. The number of Topliss-reactive ketones (excluding diaryl/α,β-unsaturated/α-hetero) is 1. The van der Waals surface area contributed by atoms with Crippen LogP contribution < -0.4 is 9.80 Å². The van der Waals surface area contributed by atoms with Crippen LogP contribution in [0.4, 0.5) is 17.1 Å². The van der Waals surface area contributed by atoms with Crippen molar-refractivity contribution >= 4 is 34.5 Å². The van der Waals surface area contributed by atoms with Crippen molar-refractivity contribution in [3.8, 4) is 5.75 Å². The minimum Gasteiger partial charge on any atom is -0.508 e. The van der Waals surface area contributed by atoms with E-state index in [0.717, 1.165) is 31.9 Å². The highest BCUT2D eigenvalue weighted by Crippen LogP contribution is 2.43. The van der Waals surface area contributed by atoms with E-state index in [1.807, 2.05) is 12.1 Å². The minimum atomic E-state index is -0.972. The van der Waals surface area contributed by atoms with Gasteiger partial charge in [0, 0.05) is 55.2 Å². The normalized spacial score (nSPS) is 19.7. The number of hydrogen-bond acceptors (Lipinski definition) is 8. The van der Waals surface area contributed by atoms with Gasteiger partial charge in [-0.25, -0.2) is 0 Å². The van der Waals surface area contributed by atoms with Crippen LogP contribution in [0.1, 0.15) is 17.2 Å². The lowest BCUT2D eigenvalue weighted by Gasteiger charge is -2.34. The van der Waals surface area contributed by atoms with E-state index < -0.39 is 28.4 Å². The molecule has 3 aromatic carbocycles. The van der Waals surface area contributed by atoms with Gasteiger partial charge >= 0.3 is 0 Å². The monoisotopic (exact) mass is 514 g/mol. The summed E-state index contributed by atoms with van der Waals surface area (Å²) in [6.07, 6.45) is 0. The highest BCUT2D eigenvalue weighted by atomic mass is 16.6. The average Bonchev–Trinajstić information content (AvgIpc) is 3.19. The highest BCUT2D eigenvalue weighted by Gasteiger charge is 2.47. The van der Waals surface area contributed by atoms with E-state index in [9.17, 15) is 29.9 Å². The third-order valence-corrected chi connectivity index (χ3v) is 7.00. The number of benzene rings is 3. The van der Waals surface area contributed by atoms with Gasteiger partial charge in [0.1, 0.15) is 11.5 Å². The van der Waals surface area contributed by atoms with Crippen LogP contribution in [-0.2, 0) is 9.59 Å². The second kappa shape index (κ2) is 9.98. The quantitative estimate of drug-likeness (QED) is 0.174. The largest absolute Gasteiger partial charge is 0.508 e. The Bertz CT molecular complexity index is 1410. The molecule has 2 aliphatic heterocycles. The summed E-state index contributed by atoms with van der Waals surface area (Å²) in [6.45, 7) is 3.64. The van der Waals surface area contributed by atoms with Gasteiger partial charge in [-0.3, -0.25) is 24.6 Å². The van der Waals surface area contributed by atoms with Gasteiger partial charge in [-0.05, 0) is 61.1 Å². The highest BCUT2D eigenvalue weighted by molar-refractivity contribution is 6.51. The Balaban J connectivity index is 1.57. The number of anilines is 2. The smallest absolute Gasteiger partial charge is 0.300 e. The number of likely N-dealkylation sites (N-methyl/N-ethyl adjacent to an activating group) is 1. The Morgan fingerprint density at radius 2 is 1.45 bits per heavy atom. The third kappa shape index (κ3) is 4.57. The number of phenols is 1. The van der Waals surface area contributed by atoms with Crippen molar-refractivity contribution in [3.63, 3.8) is 0 Å². The van der Waals surface area contributed by atoms with Gasteiger partial charge in [-0.2, -0.15) is 0 Å². The zero-order valence-corrected chi connectivity index (χ0v) is 20.7. The second-order valence-corrected chi connectivity index (χ2v) is 9.37. The standard InChI is InChI=1S/C28H26N4O6/c1-29-14-16-30(17-15-29)20-8-10-21(11-9-20)31-25(18-4-12-23(33)13-5-18)24(27(35)28(31)36)26(34)19-2-6-22(7-3-19)32(37)38/h2-13,25,33-34H,14-17H2,1H3/b26-24-. The second-order valence-electron chi connectivity index (χ2n) is 9.37. The molecule has 10 nitrogen and oxygen atoms in total. The van der Waals surface area contributed by atoms with E-state index in [4.69, 9.17) is 0 Å². The molecule has 2 aliphatic rings. The molecule has 194 valence electrons. The number of piperazine rings is 1. The molecule has 5 rings (SSSR count). The van der Waals surface area contributed by atoms with Crippen LogP contribution in [0.3, 0.4) is 0 Å². The first kappa shape index (κ1) is 25.0. The summed E-state index contributed by atoms with van der Waals surface area (Å²) in [4.78, 5) is 43.0. The molecule has 0 radical (unpaired) electrons. The molecular weight excluding hydrogens is 488 g/mol. The number of aliphatic hydroxyl groups excluding tert-OH is 1. The maximum atomic E-state index is 13.3. The Kier molecular flexibility index (Phi) is 6.56. The molecule has 0 saturated carbocycles. The summed E-state index contributed by atoms with van der Waals surface area (Å²) in [7, 11) is 2.08. The molecule has 10 heteroatoms. The summed E-state index contributed by atoms with van der Waals surface area (Å²) >= 11 is 0. The molecule has 1 amide bonds. The van der Waals surface area contributed by atoms with Crippen LogP contribution in [0.25, 0.3) is 5.76 Å². The van der Waals surface area contributed by atoms with E-state index in [1.54, 1.807) is 24.3 Å². The van der Waals surface area contributed by atoms with Gasteiger partial charge in [0.25, 0.3) is 17.4 Å². The van der Waals surface area contributed by atoms with Crippen molar-refractivity contribution < 1.29 is 24.7 Å². The first-order chi connectivity index (χ1) is 18.2. The van der Waals surface area contributed by atoms with Gasteiger partial charge in [0.2, 0.25) is 0 Å². The van der Waals surface area contributed by atoms with Gasteiger partial charge in [0.05, 0.1) is 16.5 Å². The topological polar surface area (TPSA) is 127 Å². The Morgan fingerprint density at radius 3 is 2.03 bits per heavy atom. The molecular formula is C28H26N4O6. The molecule has 0 aliphatic carbocycles. The van der Waals surface area contributed by atoms with Gasteiger partial charge in [-0.1, -0.05) is 12.1 Å². The van der Waals surface area contributed by atoms with Crippen LogP contribution in [0.5, 0.6) is 5.75 Å². The number of carbonyl (C=O) groups excluding carboxylic acids is 2. The fraction of sp³-hybridized carbons (Fsp3) is 0.214. The lowest BCUT2D eigenvalue weighted by atomic mass is 9.95. The molecule has 0 aromatic heterocycles. The summed E-state index contributed by atoms with van der Waals surface area (Å²) in [5.74, 6) is -2.11. The van der Waals surface area contributed by atoms with Gasteiger partial charge in [0.15, 0.2) is 0 Å². The van der Waals surface area contributed by atoms with Crippen LogP contribution in [-0.4, -0.2) is 65.0 Å². The number of rotatable bonds is 5. The summed E-state index contributed by atoms with van der Waals surface area (Å²) in [5.41, 5.74) is 1.85. The fourth-order valence-corrected chi connectivity index (χ4v) is 4.86. The van der Waals surface area contributed by atoms with Crippen LogP contribution >= 0.6 is 0 Å². The van der Waals surface area contributed by atoms with E-state index in [1.165, 1.54) is 41.3 Å². The molecule has 2 heterocycles. The number of nitro benzene ring substituents is 1. The predicted octanol–water partition coefficient (Wildman–Crippen LogP) is 3.68. The zero-order chi connectivity index (χ0) is 27.0. The van der Waals surface area contributed by atoms with E-state index in [-0.39, 0.29) is 22.6 Å². The molecule has 2 saturated heterocycles. The molecule has 1 atom stereocenters. The number of phenolic OH excluding ortho intramolecular Hbond substituents is 1. The van der Waals surface area contributed by atoms with Crippen LogP contribution in [0.15, 0.2) is 78.4 Å². The number of aliphatic hydroxyl groups is 1. The first-order valence-corrected chi connectivity index (χ1v) is 12.1. The number of nitro groups is 1. The van der Waals surface area contributed by atoms with Gasteiger partial charge < -0.3 is 20.0 Å². The van der Waals surface area contributed by atoms with Crippen LogP contribution in [0.2, 0.25) is 0 Å². The number of ketones is 1. The SMILES string of the molecule is CN1CCN(c2ccc(N3C(=O)C(=O)/C(=C(\O)c4ccc([N+](=O)[O-])cc4)C3c3ccc(O)cc3)cc2)CC1. The van der Waals surface area contributed by atoms with Crippen molar-refractivity contribution in [2.45, 2.75) is 6.04 Å². The fourth-order valence-electron chi connectivity index (χ4n) is 4.86. The third-order valence-electron chi connectivity index (χ3n) is 7.00. The van der Waals surface area contributed by atoms with Crippen molar-refractivity contribution in [2.24, 2.45) is 0 Å². The zero-order valence-electron chi connectivity index (χ0n) is 20.7. The number of non-ortho nitro benzene ring substituents is 1. The average molecular weight is 515 g/mol. The van der Waals surface area contributed by atoms with Crippen molar-refractivity contribution in [1.29, 1.82) is 0 Å². The first-order valence-electron chi connectivity index (χ1n) is 12.1. The molecule has 2 fully saturated rings. The maximum absolute atomic E-state index is 13.3. The predicted molar refractivity (Wildman–Crippen MR) is 142 cm³/mol. The van der Waals surface area contributed by atoms with Crippen molar-refractivity contribution in [2.75, 3.05) is 43.0 Å². The van der Waals surface area contributed by atoms with Gasteiger partial charge in [-0.15, -0.1) is 0 Å². The number of amides is 1. The number of hydrogen-bond donors (Lipinski definition) is 2. The number of aromatic hydroxyl groups is 1. The van der Waals surface area contributed by atoms with E-state index in [2.05, 4.69) is 16.8 Å². The molecule has 0 bridgehead atoms. The maximum Gasteiger partial charge on any atom is 0.300 e.